The highest BCUT2D eigenvalue weighted by Gasteiger charge is 2.13. The number of benzene rings is 2. The average molecular weight is 421 g/mol. The number of alkyl halides is 1. The summed E-state index contributed by atoms with van der Waals surface area (Å²) in [5.41, 5.74) is 0.957. The van der Waals surface area contributed by atoms with Crippen molar-refractivity contribution in [2.75, 3.05) is 0 Å². The zero-order valence-electron chi connectivity index (χ0n) is 9.98. The molecule has 104 valence electrons. The second-order valence-corrected chi connectivity index (χ2v) is 5.69. The summed E-state index contributed by atoms with van der Waals surface area (Å²) in [4.78, 5) is 10.1. The van der Waals surface area contributed by atoms with Crippen molar-refractivity contribution in [2.45, 2.75) is 5.33 Å². The van der Waals surface area contributed by atoms with Gasteiger partial charge in [-0.05, 0) is 39.7 Å². The normalized spacial score (nSPS) is 10.3. The van der Waals surface area contributed by atoms with E-state index in [9.17, 15) is 10.1 Å². The van der Waals surface area contributed by atoms with Crippen LogP contribution < -0.4 is 4.74 Å². The molecule has 0 saturated heterocycles. The molecule has 0 fully saturated rings. The van der Waals surface area contributed by atoms with E-state index in [-0.39, 0.29) is 10.7 Å². The maximum atomic E-state index is 10.7. The monoisotopic (exact) mass is 419 g/mol. The lowest BCUT2D eigenvalue weighted by atomic mass is 10.2. The van der Waals surface area contributed by atoms with E-state index in [0.717, 1.165) is 15.4 Å². The van der Waals surface area contributed by atoms with E-state index in [1.807, 2.05) is 18.2 Å². The molecule has 0 aliphatic rings. The van der Waals surface area contributed by atoms with Gasteiger partial charge in [-0.3, -0.25) is 10.1 Å². The highest BCUT2D eigenvalue weighted by Crippen LogP contribution is 2.34. The molecule has 7 heteroatoms. The Morgan fingerprint density at radius 2 is 2.00 bits per heavy atom. The van der Waals surface area contributed by atoms with Crippen LogP contribution in [-0.2, 0) is 5.33 Å². The second-order valence-electron chi connectivity index (χ2n) is 3.87. The van der Waals surface area contributed by atoms with E-state index in [4.69, 9.17) is 16.3 Å². The quantitative estimate of drug-likeness (QED) is 0.362. The summed E-state index contributed by atoms with van der Waals surface area (Å²) in [6.07, 6.45) is 0. The fourth-order valence-electron chi connectivity index (χ4n) is 1.54. The molecule has 0 aromatic heterocycles. The van der Waals surface area contributed by atoms with Gasteiger partial charge in [0, 0.05) is 17.5 Å². The molecule has 0 atom stereocenters. The summed E-state index contributed by atoms with van der Waals surface area (Å²) in [7, 11) is 0. The SMILES string of the molecule is O=[N+]([O-])c1ccc(Oc2ccc(CBr)cc2Br)cc1Cl. The van der Waals surface area contributed by atoms with Crippen LogP contribution >= 0.6 is 43.5 Å². The minimum Gasteiger partial charge on any atom is -0.456 e. The van der Waals surface area contributed by atoms with Crippen LogP contribution in [0.3, 0.4) is 0 Å². The van der Waals surface area contributed by atoms with Gasteiger partial charge in [0.1, 0.15) is 16.5 Å². The number of hydrogen-bond acceptors (Lipinski definition) is 3. The van der Waals surface area contributed by atoms with Crippen molar-refractivity contribution in [1.82, 2.24) is 0 Å². The molecular weight excluding hydrogens is 413 g/mol. The van der Waals surface area contributed by atoms with E-state index in [2.05, 4.69) is 31.9 Å². The predicted molar refractivity (Wildman–Crippen MR) is 85.0 cm³/mol. The number of nitro benzene ring substituents is 1. The van der Waals surface area contributed by atoms with Crippen molar-refractivity contribution in [3.63, 3.8) is 0 Å². The fraction of sp³-hybridized carbons (Fsp3) is 0.0769. The van der Waals surface area contributed by atoms with Gasteiger partial charge >= 0.3 is 0 Å². The van der Waals surface area contributed by atoms with E-state index >= 15 is 0 Å². The molecule has 2 rings (SSSR count). The molecule has 0 spiro atoms. The maximum absolute atomic E-state index is 10.7. The molecule has 0 unspecified atom stereocenters. The highest BCUT2D eigenvalue weighted by molar-refractivity contribution is 9.10. The number of nitro groups is 1. The van der Waals surface area contributed by atoms with Crippen molar-refractivity contribution >= 4 is 49.1 Å². The van der Waals surface area contributed by atoms with Crippen molar-refractivity contribution < 1.29 is 9.66 Å². The Labute approximate surface area is 137 Å². The highest BCUT2D eigenvalue weighted by atomic mass is 79.9. The molecule has 0 radical (unpaired) electrons. The summed E-state index contributed by atoms with van der Waals surface area (Å²) in [6.45, 7) is 0. The first-order valence-electron chi connectivity index (χ1n) is 5.47. The van der Waals surface area contributed by atoms with E-state index in [0.29, 0.717) is 11.5 Å². The summed E-state index contributed by atoms with van der Waals surface area (Å²) >= 11 is 12.6. The predicted octanol–water partition coefficient (Wildman–Crippen LogP) is 5.70. The third-order valence-corrected chi connectivity index (χ3v) is 4.06. The fourth-order valence-corrected chi connectivity index (χ4v) is 2.63. The van der Waals surface area contributed by atoms with Gasteiger partial charge in [-0.25, -0.2) is 0 Å². The zero-order chi connectivity index (χ0) is 14.7. The van der Waals surface area contributed by atoms with Crippen LogP contribution in [-0.4, -0.2) is 4.92 Å². The Morgan fingerprint density at radius 1 is 1.25 bits per heavy atom. The molecule has 4 nitrogen and oxygen atoms in total. The standard InChI is InChI=1S/C13H8Br2ClNO3/c14-7-8-1-4-13(10(15)5-8)20-9-2-3-12(17(18)19)11(16)6-9/h1-6H,7H2. The third-order valence-electron chi connectivity index (χ3n) is 2.49. The van der Waals surface area contributed by atoms with Gasteiger partial charge in [0.15, 0.2) is 0 Å². The number of ether oxygens (including phenoxy) is 1. The maximum Gasteiger partial charge on any atom is 0.288 e. The van der Waals surface area contributed by atoms with E-state index in [1.165, 1.54) is 18.2 Å². The van der Waals surface area contributed by atoms with Crippen LogP contribution in [0.15, 0.2) is 40.9 Å². The van der Waals surface area contributed by atoms with Gasteiger partial charge in [-0.1, -0.05) is 33.6 Å². The molecule has 20 heavy (non-hydrogen) atoms. The largest absolute Gasteiger partial charge is 0.456 e. The first-order chi connectivity index (χ1) is 9.51. The van der Waals surface area contributed by atoms with Crippen LogP contribution in [0.5, 0.6) is 11.5 Å². The van der Waals surface area contributed by atoms with Crippen LogP contribution in [0.25, 0.3) is 0 Å². The molecule has 0 aliphatic carbocycles. The van der Waals surface area contributed by atoms with Crippen LogP contribution in [0.1, 0.15) is 5.56 Å². The molecular formula is C13H8Br2ClNO3. The lowest BCUT2D eigenvalue weighted by molar-refractivity contribution is -0.384. The van der Waals surface area contributed by atoms with Crippen molar-refractivity contribution in [3.8, 4) is 11.5 Å². The Kier molecular flexibility index (Phi) is 5.01. The number of halogens is 3. The summed E-state index contributed by atoms with van der Waals surface area (Å²) in [6, 6.07) is 9.91. The summed E-state index contributed by atoms with van der Waals surface area (Å²) in [5, 5.41) is 11.5. The van der Waals surface area contributed by atoms with Crippen molar-refractivity contribution in [3.05, 3.63) is 61.6 Å². The van der Waals surface area contributed by atoms with Gasteiger partial charge < -0.3 is 4.74 Å². The minimum absolute atomic E-state index is 0.0423. The van der Waals surface area contributed by atoms with Crippen LogP contribution in [0.4, 0.5) is 5.69 Å². The average Bonchev–Trinajstić information content (AvgIpc) is 2.40. The summed E-state index contributed by atoms with van der Waals surface area (Å²) in [5.74, 6) is 1.05. The smallest absolute Gasteiger partial charge is 0.288 e. The molecule has 0 aliphatic heterocycles. The van der Waals surface area contributed by atoms with E-state index < -0.39 is 4.92 Å². The van der Waals surface area contributed by atoms with Crippen molar-refractivity contribution in [1.29, 1.82) is 0 Å². The summed E-state index contributed by atoms with van der Waals surface area (Å²) < 4.78 is 6.45. The van der Waals surface area contributed by atoms with Crippen molar-refractivity contribution in [2.24, 2.45) is 0 Å². The first-order valence-corrected chi connectivity index (χ1v) is 7.76. The molecule has 2 aromatic carbocycles. The molecule has 0 amide bonds. The molecule has 2 aromatic rings. The third kappa shape index (κ3) is 3.50. The molecule has 0 N–H and O–H groups in total. The molecule has 0 bridgehead atoms. The molecule has 0 saturated carbocycles. The van der Waals surface area contributed by atoms with E-state index in [1.54, 1.807) is 0 Å². The van der Waals surface area contributed by atoms with Gasteiger partial charge in [0.2, 0.25) is 0 Å². The lowest BCUT2D eigenvalue weighted by Gasteiger charge is -2.09. The van der Waals surface area contributed by atoms with Gasteiger partial charge in [-0.2, -0.15) is 0 Å². The Morgan fingerprint density at radius 3 is 2.55 bits per heavy atom. The molecule has 0 heterocycles. The first kappa shape index (κ1) is 15.3. The number of nitrogens with zero attached hydrogens (tertiary/aromatic N) is 1. The second kappa shape index (κ2) is 6.56. The minimum atomic E-state index is -0.535. The van der Waals surface area contributed by atoms with Gasteiger partial charge in [-0.15, -0.1) is 0 Å². The van der Waals surface area contributed by atoms with Crippen LogP contribution in [0.2, 0.25) is 5.02 Å². The van der Waals surface area contributed by atoms with Gasteiger partial charge in [0.05, 0.1) is 9.40 Å². The zero-order valence-corrected chi connectivity index (χ0v) is 13.9. The van der Waals surface area contributed by atoms with Crippen LogP contribution in [0, 0.1) is 10.1 Å². The van der Waals surface area contributed by atoms with Gasteiger partial charge in [0.25, 0.3) is 5.69 Å². The number of rotatable bonds is 4. The number of hydrogen-bond donors (Lipinski definition) is 0. The Balaban J connectivity index is 2.26. The topological polar surface area (TPSA) is 52.4 Å². The Bertz CT molecular complexity index is 664. The Hall–Kier alpha value is -1.11. The lowest BCUT2D eigenvalue weighted by Crippen LogP contribution is -1.91.